The lowest BCUT2D eigenvalue weighted by molar-refractivity contribution is 1.54. The van der Waals surface area contributed by atoms with E-state index in [1.165, 1.54) is 0 Å². The van der Waals surface area contributed by atoms with Crippen LogP contribution in [-0.4, -0.2) is 0 Å². The summed E-state index contributed by atoms with van der Waals surface area (Å²) in [7, 11) is 0. The van der Waals surface area contributed by atoms with Crippen LogP contribution in [0.1, 0.15) is 0 Å². The minimum absolute atomic E-state index is 0.493. The van der Waals surface area contributed by atoms with E-state index in [1.807, 2.05) is 36.4 Å². The molecule has 0 saturated heterocycles. The summed E-state index contributed by atoms with van der Waals surface area (Å²) in [5, 5.41) is 4.15. The molecule has 2 nitrogen and oxygen atoms in total. The molecule has 0 aliphatic rings. The van der Waals surface area contributed by atoms with Crippen molar-refractivity contribution in [2.45, 2.75) is 0 Å². The quantitative estimate of drug-likeness (QED) is 0.782. The Balaban J connectivity index is 2.35. The summed E-state index contributed by atoms with van der Waals surface area (Å²) in [6, 6.07) is 12.9. The molecule has 0 fully saturated rings. The first kappa shape index (κ1) is 11.1. The standard InChI is InChI=1S/C12H10Cl2N2/c13-8-4-3-7-11(12(8)14)16-10-6-2-1-5-9(10)15/h1-7,16H,15H2. The Hall–Kier alpha value is -1.38. The van der Waals surface area contributed by atoms with Crippen molar-refractivity contribution in [3.05, 3.63) is 52.5 Å². The highest BCUT2D eigenvalue weighted by Gasteiger charge is 2.05. The zero-order chi connectivity index (χ0) is 11.5. The molecule has 0 atom stereocenters. The molecule has 3 N–H and O–H groups in total. The van der Waals surface area contributed by atoms with Gasteiger partial charge in [-0.1, -0.05) is 41.4 Å². The van der Waals surface area contributed by atoms with Gasteiger partial charge in [-0.25, -0.2) is 0 Å². The van der Waals surface area contributed by atoms with Gasteiger partial charge in [-0.05, 0) is 24.3 Å². The molecule has 2 aromatic rings. The number of anilines is 3. The molecule has 2 aromatic carbocycles. The van der Waals surface area contributed by atoms with Crippen molar-refractivity contribution in [3.8, 4) is 0 Å². The number of rotatable bonds is 2. The minimum atomic E-state index is 0.493. The summed E-state index contributed by atoms with van der Waals surface area (Å²) in [4.78, 5) is 0. The van der Waals surface area contributed by atoms with Crippen LogP contribution in [0.4, 0.5) is 17.1 Å². The molecule has 0 amide bonds. The number of hydrogen-bond acceptors (Lipinski definition) is 2. The van der Waals surface area contributed by atoms with Crippen molar-refractivity contribution in [3.63, 3.8) is 0 Å². The van der Waals surface area contributed by atoms with Crippen LogP contribution in [0.15, 0.2) is 42.5 Å². The lowest BCUT2D eigenvalue weighted by Crippen LogP contribution is -1.96. The maximum Gasteiger partial charge on any atom is 0.0827 e. The third kappa shape index (κ3) is 2.23. The average molecular weight is 253 g/mol. The van der Waals surface area contributed by atoms with Gasteiger partial charge in [-0.2, -0.15) is 0 Å². The van der Waals surface area contributed by atoms with Crippen LogP contribution < -0.4 is 11.1 Å². The summed E-state index contributed by atoms with van der Waals surface area (Å²) in [5.41, 5.74) is 8.04. The van der Waals surface area contributed by atoms with Crippen molar-refractivity contribution >= 4 is 40.3 Å². The smallest absolute Gasteiger partial charge is 0.0827 e. The maximum absolute atomic E-state index is 6.06. The molecule has 0 bridgehead atoms. The Kier molecular flexibility index (Phi) is 3.22. The van der Waals surface area contributed by atoms with Crippen molar-refractivity contribution < 1.29 is 0 Å². The second-order valence-corrected chi connectivity index (χ2v) is 4.10. The normalized spacial score (nSPS) is 10.1. The number of nitrogens with one attached hydrogen (secondary N) is 1. The van der Waals surface area contributed by atoms with Gasteiger partial charge in [-0.15, -0.1) is 0 Å². The van der Waals surface area contributed by atoms with Gasteiger partial charge in [0.25, 0.3) is 0 Å². The fraction of sp³-hybridized carbons (Fsp3) is 0. The summed E-state index contributed by atoms with van der Waals surface area (Å²) >= 11 is 12.0. The van der Waals surface area contributed by atoms with E-state index < -0.39 is 0 Å². The topological polar surface area (TPSA) is 38.0 Å². The van der Waals surface area contributed by atoms with E-state index in [9.17, 15) is 0 Å². The highest BCUT2D eigenvalue weighted by molar-refractivity contribution is 6.43. The molecular formula is C12H10Cl2N2. The van der Waals surface area contributed by atoms with Gasteiger partial charge in [-0.3, -0.25) is 0 Å². The van der Waals surface area contributed by atoms with Crippen LogP contribution in [-0.2, 0) is 0 Å². The molecule has 82 valence electrons. The van der Waals surface area contributed by atoms with Crippen molar-refractivity contribution in [1.29, 1.82) is 0 Å². The molecule has 16 heavy (non-hydrogen) atoms. The zero-order valence-electron chi connectivity index (χ0n) is 8.37. The van der Waals surface area contributed by atoms with E-state index in [-0.39, 0.29) is 0 Å². The monoisotopic (exact) mass is 252 g/mol. The number of nitrogen functional groups attached to an aromatic ring is 1. The summed E-state index contributed by atoms with van der Waals surface area (Å²) < 4.78 is 0. The largest absolute Gasteiger partial charge is 0.397 e. The molecule has 0 spiro atoms. The molecule has 0 heterocycles. The molecule has 0 unspecified atom stereocenters. The van der Waals surface area contributed by atoms with E-state index in [1.54, 1.807) is 6.07 Å². The van der Waals surface area contributed by atoms with E-state index in [0.29, 0.717) is 15.7 Å². The van der Waals surface area contributed by atoms with E-state index in [4.69, 9.17) is 28.9 Å². The minimum Gasteiger partial charge on any atom is -0.397 e. The predicted octanol–water partition coefficient (Wildman–Crippen LogP) is 4.32. The molecule has 0 aliphatic carbocycles. The Morgan fingerprint density at radius 1 is 0.875 bits per heavy atom. The van der Waals surface area contributed by atoms with Crippen molar-refractivity contribution in [2.24, 2.45) is 0 Å². The Bertz CT molecular complexity index is 512. The fourth-order valence-corrected chi connectivity index (χ4v) is 1.70. The highest BCUT2D eigenvalue weighted by Crippen LogP contribution is 2.32. The molecule has 2 rings (SSSR count). The van der Waals surface area contributed by atoms with Crippen LogP contribution in [0, 0.1) is 0 Å². The van der Waals surface area contributed by atoms with Gasteiger partial charge in [0.1, 0.15) is 0 Å². The van der Waals surface area contributed by atoms with Crippen molar-refractivity contribution in [2.75, 3.05) is 11.1 Å². The molecular weight excluding hydrogens is 243 g/mol. The number of halogens is 2. The Morgan fingerprint density at radius 2 is 1.56 bits per heavy atom. The first-order valence-electron chi connectivity index (χ1n) is 4.74. The fourth-order valence-electron chi connectivity index (χ4n) is 1.36. The van der Waals surface area contributed by atoms with Gasteiger partial charge in [0, 0.05) is 0 Å². The maximum atomic E-state index is 6.06. The number of hydrogen-bond donors (Lipinski definition) is 2. The summed E-state index contributed by atoms with van der Waals surface area (Å²) in [6.45, 7) is 0. The predicted molar refractivity (Wildman–Crippen MR) is 70.6 cm³/mol. The number of para-hydroxylation sites is 2. The molecule has 0 aliphatic heterocycles. The van der Waals surface area contributed by atoms with Gasteiger partial charge in [0.15, 0.2) is 0 Å². The van der Waals surface area contributed by atoms with Crippen LogP contribution in [0.2, 0.25) is 10.0 Å². The van der Waals surface area contributed by atoms with Crippen LogP contribution in [0.5, 0.6) is 0 Å². The zero-order valence-corrected chi connectivity index (χ0v) is 9.89. The van der Waals surface area contributed by atoms with Gasteiger partial charge in [0.2, 0.25) is 0 Å². The second kappa shape index (κ2) is 4.64. The molecule has 0 radical (unpaired) electrons. The van der Waals surface area contributed by atoms with Crippen LogP contribution in [0.3, 0.4) is 0 Å². The second-order valence-electron chi connectivity index (χ2n) is 3.31. The number of nitrogens with two attached hydrogens (primary N) is 1. The van der Waals surface area contributed by atoms with Crippen LogP contribution >= 0.6 is 23.2 Å². The van der Waals surface area contributed by atoms with Crippen LogP contribution in [0.25, 0.3) is 0 Å². The Morgan fingerprint density at radius 3 is 2.31 bits per heavy atom. The van der Waals surface area contributed by atoms with E-state index >= 15 is 0 Å². The first-order valence-corrected chi connectivity index (χ1v) is 5.49. The third-order valence-corrected chi connectivity index (χ3v) is 3.00. The van der Waals surface area contributed by atoms with Gasteiger partial charge >= 0.3 is 0 Å². The van der Waals surface area contributed by atoms with Gasteiger partial charge < -0.3 is 11.1 Å². The summed E-state index contributed by atoms with van der Waals surface area (Å²) in [5.74, 6) is 0. The Labute approximate surface area is 104 Å². The molecule has 0 aromatic heterocycles. The highest BCUT2D eigenvalue weighted by atomic mass is 35.5. The van der Waals surface area contributed by atoms with E-state index in [2.05, 4.69) is 5.32 Å². The lowest BCUT2D eigenvalue weighted by Gasteiger charge is -2.11. The van der Waals surface area contributed by atoms with Crippen molar-refractivity contribution in [1.82, 2.24) is 0 Å². The number of benzene rings is 2. The molecule has 0 saturated carbocycles. The first-order chi connectivity index (χ1) is 7.68. The SMILES string of the molecule is Nc1ccccc1Nc1cccc(Cl)c1Cl. The molecule has 4 heteroatoms. The summed E-state index contributed by atoms with van der Waals surface area (Å²) in [6.07, 6.45) is 0. The van der Waals surface area contributed by atoms with E-state index in [0.717, 1.165) is 11.4 Å². The third-order valence-electron chi connectivity index (χ3n) is 2.18. The average Bonchev–Trinajstić information content (AvgIpc) is 2.28. The van der Waals surface area contributed by atoms with Gasteiger partial charge in [0.05, 0.1) is 27.1 Å². The lowest BCUT2D eigenvalue weighted by atomic mass is 10.2.